The zero-order chi connectivity index (χ0) is 13.5. The van der Waals surface area contributed by atoms with Gasteiger partial charge in [0.15, 0.2) is 5.78 Å². The number of benzene rings is 1. The molecule has 0 fully saturated rings. The van der Waals surface area contributed by atoms with E-state index in [1.807, 2.05) is 30.3 Å². The van der Waals surface area contributed by atoms with Crippen molar-refractivity contribution in [2.75, 3.05) is 26.9 Å². The summed E-state index contributed by atoms with van der Waals surface area (Å²) in [5.41, 5.74) is 1.53. The standard InChI is InChI=1S/C15H17NO3/c1-18-8-9-19-7-6-15(17)13-10-12-4-2-3-5-14(12)16-11-13/h2-5,10-11H,6-9H2,1H3. The van der Waals surface area contributed by atoms with Crippen LogP contribution in [0, 0.1) is 0 Å². The summed E-state index contributed by atoms with van der Waals surface area (Å²) in [6.45, 7) is 1.47. The second-order valence-corrected chi connectivity index (χ2v) is 4.20. The van der Waals surface area contributed by atoms with Crippen LogP contribution in [0.4, 0.5) is 0 Å². The van der Waals surface area contributed by atoms with Gasteiger partial charge in [-0.3, -0.25) is 9.78 Å². The Balaban J connectivity index is 1.93. The quantitative estimate of drug-likeness (QED) is 0.566. The van der Waals surface area contributed by atoms with Crippen LogP contribution in [0.5, 0.6) is 0 Å². The van der Waals surface area contributed by atoms with Gasteiger partial charge in [0.25, 0.3) is 0 Å². The maximum Gasteiger partial charge on any atom is 0.166 e. The number of hydrogen-bond donors (Lipinski definition) is 0. The van der Waals surface area contributed by atoms with E-state index in [-0.39, 0.29) is 5.78 Å². The molecular weight excluding hydrogens is 242 g/mol. The summed E-state index contributed by atoms with van der Waals surface area (Å²) in [7, 11) is 1.62. The molecule has 0 aliphatic heterocycles. The lowest BCUT2D eigenvalue weighted by Gasteiger charge is -2.04. The first-order valence-electron chi connectivity index (χ1n) is 6.26. The number of para-hydroxylation sites is 1. The first-order chi connectivity index (χ1) is 9.31. The molecule has 0 bridgehead atoms. The van der Waals surface area contributed by atoms with E-state index in [1.54, 1.807) is 13.3 Å². The van der Waals surface area contributed by atoms with Crippen LogP contribution in [-0.2, 0) is 9.47 Å². The molecule has 4 heteroatoms. The van der Waals surface area contributed by atoms with E-state index < -0.39 is 0 Å². The molecule has 0 radical (unpaired) electrons. The van der Waals surface area contributed by atoms with Crippen molar-refractivity contribution in [3.63, 3.8) is 0 Å². The third-order valence-corrected chi connectivity index (χ3v) is 2.82. The zero-order valence-corrected chi connectivity index (χ0v) is 11.0. The molecule has 0 saturated heterocycles. The van der Waals surface area contributed by atoms with Crippen molar-refractivity contribution >= 4 is 16.7 Å². The molecule has 1 heterocycles. The highest BCUT2D eigenvalue weighted by molar-refractivity contribution is 5.98. The SMILES string of the molecule is COCCOCCC(=O)c1cnc2ccccc2c1. The van der Waals surface area contributed by atoms with Crippen molar-refractivity contribution in [3.05, 3.63) is 42.1 Å². The molecule has 2 rings (SSSR count). The van der Waals surface area contributed by atoms with Gasteiger partial charge in [0.1, 0.15) is 0 Å². The number of fused-ring (bicyclic) bond motifs is 1. The topological polar surface area (TPSA) is 48.4 Å². The molecule has 1 aromatic carbocycles. The van der Waals surface area contributed by atoms with Crippen LogP contribution in [-0.4, -0.2) is 37.7 Å². The van der Waals surface area contributed by atoms with Gasteiger partial charge in [-0.25, -0.2) is 0 Å². The second-order valence-electron chi connectivity index (χ2n) is 4.20. The smallest absolute Gasteiger partial charge is 0.166 e. The Labute approximate surface area is 112 Å². The molecule has 0 N–H and O–H groups in total. The monoisotopic (exact) mass is 259 g/mol. The van der Waals surface area contributed by atoms with E-state index >= 15 is 0 Å². The zero-order valence-electron chi connectivity index (χ0n) is 11.0. The molecule has 0 unspecified atom stereocenters. The third kappa shape index (κ3) is 3.84. The summed E-state index contributed by atoms with van der Waals surface area (Å²) in [5.74, 6) is 0.0515. The molecule has 0 atom stereocenters. The number of ketones is 1. The summed E-state index contributed by atoms with van der Waals surface area (Å²) in [6, 6.07) is 9.62. The molecule has 0 saturated carbocycles. The van der Waals surface area contributed by atoms with E-state index in [2.05, 4.69) is 4.98 Å². The predicted octanol–water partition coefficient (Wildman–Crippen LogP) is 2.47. The van der Waals surface area contributed by atoms with Gasteiger partial charge >= 0.3 is 0 Å². The van der Waals surface area contributed by atoms with Gasteiger partial charge in [0.2, 0.25) is 0 Å². The molecule has 0 aliphatic rings. The lowest BCUT2D eigenvalue weighted by atomic mass is 10.1. The van der Waals surface area contributed by atoms with Crippen LogP contribution < -0.4 is 0 Å². The number of methoxy groups -OCH3 is 1. The van der Waals surface area contributed by atoms with Crippen LogP contribution in [0.15, 0.2) is 36.5 Å². The van der Waals surface area contributed by atoms with Gasteiger partial charge in [-0.2, -0.15) is 0 Å². The number of nitrogens with zero attached hydrogens (tertiary/aromatic N) is 1. The first-order valence-corrected chi connectivity index (χ1v) is 6.26. The van der Waals surface area contributed by atoms with Gasteiger partial charge in [0, 0.05) is 30.7 Å². The molecule has 1 aromatic heterocycles. The molecule has 19 heavy (non-hydrogen) atoms. The van der Waals surface area contributed by atoms with Crippen LogP contribution in [0.25, 0.3) is 10.9 Å². The van der Waals surface area contributed by atoms with E-state index in [9.17, 15) is 4.79 Å². The number of rotatable bonds is 7. The highest BCUT2D eigenvalue weighted by atomic mass is 16.5. The normalized spacial score (nSPS) is 10.8. The average Bonchev–Trinajstić information content (AvgIpc) is 2.46. The van der Waals surface area contributed by atoms with Crippen molar-refractivity contribution in [2.45, 2.75) is 6.42 Å². The fourth-order valence-corrected chi connectivity index (χ4v) is 1.78. The minimum Gasteiger partial charge on any atom is -0.382 e. The fourth-order valence-electron chi connectivity index (χ4n) is 1.78. The number of carbonyl (C=O) groups is 1. The highest BCUT2D eigenvalue weighted by Gasteiger charge is 2.07. The van der Waals surface area contributed by atoms with Crippen molar-refractivity contribution in [1.29, 1.82) is 0 Å². The van der Waals surface area contributed by atoms with Crippen LogP contribution in [0.3, 0.4) is 0 Å². The molecule has 0 aliphatic carbocycles. The van der Waals surface area contributed by atoms with E-state index in [0.29, 0.717) is 31.8 Å². The van der Waals surface area contributed by atoms with Gasteiger partial charge < -0.3 is 9.47 Å². The Morgan fingerprint density at radius 1 is 1.21 bits per heavy atom. The molecular formula is C15H17NO3. The van der Waals surface area contributed by atoms with Gasteiger partial charge in [-0.05, 0) is 12.1 Å². The fraction of sp³-hybridized carbons (Fsp3) is 0.333. The third-order valence-electron chi connectivity index (χ3n) is 2.82. The maximum atomic E-state index is 12.0. The molecule has 4 nitrogen and oxygen atoms in total. The maximum absolute atomic E-state index is 12.0. The minimum atomic E-state index is 0.0515. The van der Waals surface area contributed by atoms with Crippen molar-refractivity contribution in [1.82, 2.24) is 4.98 Å². The summed E-state index contributed by atoms with van der Waals surface area (Å²) in [4.78, 5) is 16.2. The Bertz CT molecular complexity index is 554. The number of ether oxygens (including phenoxy) is 2. The molecule has 0 spiro atoms. The molecule has 100 valence electrons. The van der Waals surface area contributed by atoms with E-state index in [0.717, 1.165) is 10.9 Å². The van der Waals surface area contributed by atoms with Crippen LogP contribution >= 0.6 is 0 Å². The minimum absolute atomic E-state index is 0.0515. The van der Waals surface area contributed by atoms with Gasteiger partial charge in [0.05, 0.1) is 25.3 Å². The molecule has 2 aromatic rings. The Morgan fingerprint density at radius 3 is 2.89 bits per heavy atom. The van der Waals surface area contributed by atoms with Crippen molar-refractivity contribution in [2.24, 2.45) is 0 Å². The lowest BCUT2D eigenvalue weighted by Crippen LogP contribution is -2.08. The largest absolute Gasteiger partial charge is 0.382 e. The van der Waals surface area contributed by atoms with Gasteiger partial charge in [-0.15, -0.1) is 0 Å². The summed E-state index contributed by atoms with van der Waals surface area (Å²) in [5, 5.41) is 0.980. The second kappa shape index (κ2) is 6.97. The molecule has 0 amide bonds. The van der Waals surface area contributed by atoms with Crippen LogP contribution in [0.2, 0.25) is 0 Å². The van der Waals surface area contributed by atoms with Crippen molar-refractivity contribution < 1.29 is 14.3 Å². The Morgan fingerprint density at radius 2 is 2.05 bits per heavy atom. The Kier molecular flexibility index (Phi) is 5.01. The summed E-state index contributed by atoms with van der Waals surface area (Å²) in [6.07, 6.45) is 1.99. The summed E-state index contributed by atoms with van der Waals surface area (Å²) < 4.78 is 10.1. The Hall–Kier alpha value is -1.78. The number of hydrogen-bond acceptors (Lipinski definition) is 4. The number of carbonyl (C=O) groups excluding carboxylic acids is 1. The number of aromatic nitrogens is 1. The highest BCUT2D eigenvalue weighted by Crippen LogP contribution is 2.13. The average molecular weight is 259 g/mol. The van der Waals surface area contributed by atoms with Gasteiger partial charge in [-0.1, -0.05) is 18.2 Å². The lowest BCUT2D eigenvalue weighted by molar-refractivity contribution is 0.0641. The summed E-state index contributed by atoms with van der Waals surface area (Å²) >= 11 is 0. The predicted molar refractivity (Wildman–Crippen MR) is 73.4 cm³/mol. The van der Waals surface area contributed by atoms with E-state index in [1.165, 1.54) is 0 Å². The van der Waals surface area contributed by atoms with Crippen molar-refractivity contribution in [3.8, 4) is 0 Å². The van der Waals surface area contributed by atoms with E-state index in [4.69, 9.17) is 9.47 Å². The number of Topliss-reactive ketones (excluding diaryl/α,β-unsaturated/α-hetero) is 1. The number of pyridine rings is 1. The van der Waals surface area contributed by atoms with Crippen LogP contribution in [0.1, 0.15) is 16.8 Å². The first kappa shape index (κ1) is 13.6.